The van der Waals surface area contributed by atoms with E-state index in [4.69, 9.17) is 11.5 Å². The minimum absolute atomic E-state index is 0.0367. The quantitative estimate of drug-likeness (QED) is 0.635. The molecule has 0 saturated heterocycles. The number of carboxylic acid groups (broad SMARTS) is 2. The first-order valence-electron chi connectivity index (χ1n) is 6.13. The Kier molecular flexibility index (Phi) is 3.80. The molecule has 2 aromatic rings. The number of hydrogen-bond donors (Lipinski definition) is 4. The Labute approximate surface area is 120 Å². The molecule has 0 aliphatic heterocycles. The van der Waals surface area contributed by atoms with Crippen molar-refractivity contribution < 1.29 is 19.8 Å². The van der Waals surface area contributed by atoms with Crippen molar-refractivity contribution in [2.45, 2.75) is 6.42 Å². The van der Waals surface area contributed by atoms with Crippen molar-refractivity contribution in [2.24, 2.45) is 0 Å². The highest BCUT2D eigenvalue weighted by molar-refractivity contribution is 5.93. The van der Waals surface area contributed by atoms with Gasteiger partial charge in [-0.2, -0.15) is 0 Å². The van der Waals surface area contributed by atoms with Crippen molar-refractivity contribution >= 4 is 23.3 Å². The summed E-state index contributed by atoms with van der Waals surface area (Å²) in [5, 5.41) is 18.4. The summed E-state index contributed by atoms with van der Waals surface area (Å²) in [5.41, 5.74) is 13.0. The maximum atomic E-state index is 11.3. The lowest BCUT2D eigenvalue weighted by molar-refractivity contribution is 0.0686. The third kappa shape index (κ3) is 2.79. The standard InChI is InChI=1S/C15H14N2O4/c16-12-5-1-3-8(14(18)19)10(12)7-11-9(15(20)21)4-2-6-13(11)17/h1-6H,7,16-17H2,(H,18,19)(H,20,21). The summed E-state index contributed by atoms with van der Waals surface area (Å²) in [5.74, 6) is -2.24. The predicted molar refractivity (Wildman–Crippen MR) is 78.4 cm³/mol. The Morgan fingerprint density at radius 2 is 1.19 bits per heavy atom. The van der Waals surface area contributed by atoms with Crippen LogP contribution in [0.2, 0.25) is 0 Å². The molecule has 0 fully saturated rings. The van der Waals surface area contributed by atoms with Crippen molar-refractivity contribution in [1.29, 1.82) is 0 Å². The molecule has 6 N–H and O–H groups in total. The molecule has 6 heteroatoms. The Hall–Kier alpha value is -3.02. The van der Waals surface area contributed by atoms with E-state index in [0.717, 1.165) is 0 Å². The summed E-state index contributed by atoms with van der Waals surface area (Å²) in [6.45, 7) is 0. The van der Waals surface area contributed by atoms with Gasteiger partial charge in [-0.3, -0.25) is 0 Å². The van der Waals surface area contributed by atoms with Crippen LogP contribution in [0.3, 0.4) is 0 Å². The van der Waals surface area contributed by atoms with Crippen LogP contribution < -0.4 is 11.5 Å². The van der Waals surface area contributed by atoms with E-state index in [1.54, 1.807) is 12.1 Å². The summed E-state index contributed by atoms with van der Waals surface area (Å²) in [4.78, 5) is 22.5. The zero-order chi connectivity index (χ0) is 15.6. The van der Waals surface area contributed by atoms with Gasteiger partial charge in [-0.1, -0.05) is 12.1 Å². The van der Waals surface area contributed by atoms with Crippen LogP contribution in [0.5, 0.6) is 0 Å². The molecule has 108 valence electrons. The third-order valence-electron chi connectivity index (χ3n) is 3.24. The molecule has 0 aliphatic rings. The van der Waals surface area contributed by atoms with Crippen LogP contribution in [0.15, 0.2) is 36.4 Å². The number of carbonyl (C=O) groups is 2. The first-order valence-corrected chi connectivity index (χ1v) is 6.13. The molecule has 0 atom stereocenters. The van der Waals surface area contributed by atoms with E-state index < -0.39 is 11.9 Å². The molecule has 0 aliphatic carbocycles. The highest BCUT2D eigenvalue weighted by atomic mass is 16.4. The fraction of sp³-hybridized carbons (Fsp3) is 0.0667. The van der Waals surface area contributed by atoms with Gasteiger partial charge in [0.25, 0.3) is 0 Å². The monoisotopic (exact) mass is 286 g/mol. The zero-order valence-electron chi connectivity index (χ0n) is 11.0. The van der Waals surface area contributed by atoms with E-state index >= 15 is 0 Å². The van der Waals surface area contributed by atoms with Gasteiger partial charge < -0.3 is 21.7 Å². The molecule has 2 rings (SSSR count). The summed E-state index contributed by atoms with van der Waals surface area (Å²) >= 11 is 0. The van der Waals surface area contributed by atoms with Crippen molar-refractivity contribution in [3.05, 3.63) is 58.7 Å². The smallest absolute Gasteiger partial charge is 0.336 e. The van der Waals surface area contributed by atoms with Gasteiger partial charge in [0.1, 0.15) is 0 Å². The molecule has 0 spiro atoms. The average Bonchev–Trinajstić information content (AvgIpc) is 2.42. The summed E-state index contributed by atoms with van der Waals surface area (Å²) in [7, 11) is 0. The second-order valence-electron chi connectivity index (χ2n) is 4.53. The Morgan fingerprint density at radius 1 is 0.810 bits per heavy atom. The van der Waals surface area contributed by atoms with E-state index in [2.05, 4.69) is 0 Å². The van der Waals surface area contributed by atoms with Crippen LogP contribution in [0.4, 0.5) is 11.4 Å². The maximum Gasteiger partial charge on any atom is 0.336 e. The second-order valence-corrected chi connectivity index (χ2v) is 4.53. The lowest BCUT2D eigenvalue weighted by Crippen LogP contribution is -2.11. The lowest BCUT2D eigenvalue weighted by atomic mass is 9.94. The molecular formula is C15H14N2O4. The van der Waals surface area contributed by atoms with Crippen molar-refractivity contribution in [1.82, 2.24) is 0 Å². The van der Waals surface area contributed by atoms with Gasteiger partial charge in [0, 0.05) is 17.8 Å². The number of nitrogens with two attached hydrogens (primary N) is 2. The normalized spacial score (nSPS) is 10.3. The van der Waals surface area contributed by atoms with E-state index in [9.17, 15) is 19.8 Å². The summed E-state index contributed by atoms with van der Waals surface area (Å²) in [6, 6.07) is 9.06. The van der Waals surface area contributed by atoms with E-state index in [-0.39, 0.29) is 28.9 Å². The highest BCUT2D eigenvalue weighted by Crippen LogP contribution is 2.26. The maximum absolute atomic E-state index is 11.3. The van der Waals surface area contributed by atoms with Crippen LogP contribution in [0, 0.1) is 0 Å². The van der Waals surface area contributed by atoms with Crippen LogP contribution >= 0.6 is 0 Å². The summed E-state index contributed by atoms with van der Waals surface area (Å²) in [6.07, 6.45) is 0.0443. The molecule has 0 aromatic heterocycles. The first kappa shape index (κ1) is 14.4. The highest BCUT2D eigenvalue weighted by Gasteiger charge is 2.18. The van der Waals surface area contributed by atoms with Gasteiger partial charge in [0.05, 0.1) is 11.1 Å². The Morgan fingerprint density at radius 3 is 1.52 bits per heavy atom. The minimum atomic E-state index is -1.12. The van der Waals surface area contributed by atoms with Gasteiger partial charge in [0.2, 0.25) is 0 Å². The van der Waals surface area contributed by atoms with Crippen LogP contribution in [-0.2, 0) is 6.42 Å². The van der Waals surface area contributed by atoms with E-state index in [1.165, 1.54) is 24.3 Å². The third-order valence-corrected chi connectivity index (χ3v) is 3.24. The van der Waals surface area contributed by atoms with E-state index in [1.807, 2.05) is 0 Å². The number of anilines is 2. The number of rotatable bonds is 4. The molecule has 21 heavy (non-hydrogen) atoms. The Balaban J connectivity index is 2.59. The van der Waals surface area contributed by atoms with Crippen molar-refractivity contribution in [3.8, 4) is 0 Å². The van der Waals surface area contributed by atoms with Gasteiger partial charge in [0.15, 0.2) is 0 Å². The van der Waals surface area contributed by atoms with Crippen LogP contribution in [0.25, 0.3) is 0 Å². The number of carboxylic acids is 2. The van der Waals surface area contributed by atoms with Gasteiger partial charge in [-0.05, 0) is 35.4 Å². The fourth-order valence-corrected chi connectivity index (χ4v) is 2.18. The predicted octanol–water partition coefficient (Wildman–Crippen LogP) is 1.84. The zero-order valence-corrected chi connectivity index (χ0v) is 11.0. The van der Waals surface area contributed by atoms with Crippen LogP contribution in [0.1, 0.15) is 31.8 Å². The minimum Gasteiger partial charge on any atom is -0.478 e. The van der Waals surface area contributed by atoms with Crippen molar-refractivity contribution in [2.75, 3.05) is 11.5 Å². The molecule has 0 bridgehead atoms. The molecule has 0 radical (unpaired) electrons. The molecule has 0 heterocycles. The Bertz CT molecular complexity index is 664. The van der Waals surface area contributed by atoms with Gasteiger partial charge >= 0.3 is 11.9 Å². The lowest BCUT2D eigenvalue weighted by Gasteiger charge is -2.13. The summed E-state index contributed by atoms with van der Waals surface area (Å²) < 4.78 is 0. The van der Waals surface area contributed by atoms with Gasteiger partial charge in [-0.25, -0.2) is 9.59 Å². The number of aromatic carboxylic acids is 2. The van der Waals surface area contributed by atoms with Gasteiger partial charge in [-0.15, -0.1) is 0 Å². The first-order chi connectivity index (χ1) is 9.91. The number of benzene rings is 2. The number of nitrogen functional groups attached to an aromatic ring is 2. The topological polar surface area (TPSA) is 127 Å². The molecule has 6 nitrogen and oxygen atoms in total. The van der Waals surface area contributed by atoms with E-state index in [0.29, 0.717) is 11.1 Å². The molecule has 0 unspecified atom stereocenters. The largest absolute Gasteiger partial charge is 0.478 e. The second kappa shape index (κ2) is 5.54. The SMILES string of the molecule is Nc1cccc(C(=O)O)c1Cc1c(N)cccc1C(=O)O. The molecular weight excluding hydrogens is 272 g/mol. The number of hydrogen-bond acceptors (Lipinski definition) is 4. The average molecular weight is 286 g/mol. The fourth-order valence-electron chi connectivity index (χ4n) is 2.18. The van der Waals surface area contributed by atoms with Crippen LogP contribution in [-0.4, -0.2) is 22.2 Å². The molecule has 0 saturated carbocycles. The molecule has 2 aromatic carbocycles. The van der Waals surface area contributed by atoms with Crippen molar-refractivity contribution in [3.63, 3.8) is 0 Å². The molecule has 0 amide bonds.